The van der Waals surface area contributed by atoms with E-state index in [1.807, 2.05) is 20.8 Å². The number of sulfonamides is 1. The third kappa shape index (κ3) is 3.46. The SMILES string of the molecule is Cc1cc(S(=O)(=O)NC2CC2N)ccc1OC(C)C. The van der Waals surface area contributed by atoms with Crippen LogP contribution in [0.2, 0.25) is 0 Å². The number of hydrogen-bond donors (Lipinski definition) is 2. The Labute approximate surface area is 114 Å². The van der Waals surface area contributed by atoms with Gasteiger partial charge < -0.3 is 10.5 Å². The molecular formula is C13H20N2O3S. The highest BCUT2D eigenvalue weighted by atomic mass is 32.2. The topological polar surface area (TPSA) is 81.4 Å². The van der Waals surface area contributed by atoms with Gasteiger partial charge in [0.25, 0.3) is 0 Å². The predicted octanol–water partition coefficient (Wildman–Crippen LogP) is 1.16. The maximum absolute atomic E-state index is 12.1. The molecule has 19 heavy (non-hydrogen) atoms. The number of ether oxygens (including phenoxy) is 1. The molecule has 0 heterocycles. The standard InChI is InChI=1S/C13H20N2O3S/c1-8(2)18-13-5-4-10(6-9(13)3)19(16,17)15-12-7-11(12)14/h4-6,8,11-12,15H,7,14H2,1-3H3. The van der Waals surface area contributed by atoms with Crippen molar-refractivity contribution in [1.29, 1.82) is 0 Å². The van der Waals surface area contributed by atoms with Gasteiger partial charge in [0.2, 0.25) is 10.0 Å². The van der Waals surface area contributed by atoms with Crippen LogP contribution < -0.4 is 15.2 Å². The fraction of sp³-hybridized carbons (Fsp3) is 0.538. The molecule has 6 heteroatoms. The molecule has 0 aliphatic heterocycles. The maximum Gasteiger partial charge on any atom is 0.240 e. The molecule has 3 N–H and O–H groups in total. The predicted molar refractivity (Wildman–Crippen MR) is 73.6 cm³/mol. The lowest BCUT2D eigenvalue weighted by atomic mass is 10.2. The number of benzene rings is 1. The molecule has 0 spiro atoms. The second-order valence-electron chi connectivity index (χ2n) is 5.22. The number of nitrogens with two attached hydrogens (primary N) is 1. The summed E-state index contributed by atoms with van der Waals surface area (Å²) < 4.78 is 32.4. The molecule has 0 bridgehead atoms. The van der Waals surface area contributed by atoms with Gasteiger partial charge in [-0.1, -0.05) is 0 Å². The Morgan fingerprint density at radius 2 is 2.05 bits per heavy atom. The Balaban J connectivity index is 2.19. The molecule has 0 saturated heterocycles. The van der Waals surface area contributed by atoms with Crippen LogP contribution in [0.25, 0.3) is 0 Å². The van der Waals surface area contributed by atoms with Crippen LogP contribution in [0.3, 0.4) is 0 Å². The van der Waals surface area contributed by atoms with E-state index in [0.29, 0.717) is 12.2 Å². The Morgan fingerprint density at radius 3 is 2.53 bits per heavy atom. The summed E-state index contributed by atoms with van der Waals surface area (Å²) in [5.74, 6) is 0.706. The first kappa shape index (κ1) is 14.3. The van der Waals surface area contributed by atoms with E-state index in [1.54, 1.807) is 18.2 Å². The first-order chi connectivity index (χ1) is 8.79. The molecule has 0 aromatic heterocycles. The first-order valence-electron chi connectivity index (χ1n) is 6.35. The lowest BCUT2D eigenvalue weighted by molar-refractivity contribution is 0.240. The molecule has 2 unspecified atom stereocenters. The Kier molecular flexibility index (Phi) is 3.85. The number of aryl methyl sites for hydroxylation is 1. The zero-order valence-corrected chi connectivity index (χ0v) is 12.2. The van der Waals surface area contributed by atoms with Crippen LogP contribution in [0.15, 0.2) is 23.1 Å². The van der Waals surface area contributed by atoms with E-state index >= 15 is 0 Å². The highest BCUT2D eigenvalue weighted by Gasteiger charge is 2.37. The van der Waals surface area contributed by atoms with Gasteiger partial charge >= 0.3 is 0 Å². The van der Waals surface area contributed by atoms with Crippen molar-refractivity contribution in [3.8, 4) is 5.75 Å². The number of nitrogens with one attached hydrogen (secondary N) is 1. The van der Waals surface area contributed by atoms with Crippen LogP contribution in [0, 0.1) is 6.92 Å². The van der Waals surface area contributed by atoms with Gasteiger partial charge in [0.05, 0.1) is 11.0 Å². The summed E-state index contributed by atoms with van der Waals surface area (Å²) in [5, 5.41) is 0. The monoisotopic (exact) mass is 284 g/mol. The first-order valence-corrected chi connectivity index (χ1v) is 7.83. The molecule has 0 amide bonds. The second-order valence-corrected chi connectivity index (χ2v) is 6.94. The van der Waals surface area contributed by atoms with Gasteiger partial charge in [0, 0.05) is 12.1 Å². The molecule has 1 saturated carbocycles. The third-order valence-electron chi connectivity index (χ3n) is 2.97. The average molecular weight is 284 g/mol. The van der Waals surface area contributed by atoms with Crippen molar-refractivity contribution >= 4 is 10.0 Å². The van der Waals surface area contributed by atoms with Crippen molar-refractivity contribution in [2.45, 2.75) is 50.3 Å². The highest BCUT2D eigenvalue weighted by Crippen LogP contribution is 2.25. The summed E-state index contributed by atoms with van der Waals surface area (Å²) in [6.45, 7) is 5.69. The molecule has 1 aromatic rings. The molecule has 2 rings (SSSR count). The van der Waals surface area contributed by atoms with E-state index in [9.17, 15) is 8.42 Å². The van der Waals surface area contributed by atoms with Crippen molar-refractivity contribution in [1.82, 2.24) is 4.72 Å². The van der Waals surface area contributed by atoms with Gasteiger partial charge in [0.15, 0.2) is 0 Å². The molecule has 1 aliphatic carbocycles. The van der Waals surface area contributed by atoms with Crippen molar-refractivity contribution < 1.29 is 13.2 Å². The summed E-state index contributed by atoms with van der Waals surface area (Å²) in [6.07, 6.45) is 0.760. The second kappa shape index (κ2) is 5.11. The Morgan fingerprint density at radius 1 is 1.42 bits per heavy atom. The zero-order valence-electron chi connectivity index (χ0n) is 11.4. The summed E-state index contributed by atoms with van der Waals surface area (Å²) in [4.78, 5) is 0.250. The quantitative estimate of drug-likeness (QED) is 0.850. The Bertz CT molecular complexity index is 569. The van der Waals surface area contributed by atoms with Crippen LogP contribution in [0.1, 0.15) is 25.8 Å². The van der Waals surface area contributed by atoms with Gasteiger partial charge in [-0.15, -0.1) is 0 Å². The summed E-state index contributed by atoms with van der Waals surface area (Å²) >= 11 is 0. The smallest absolute Gasteiger partial charge is 0.240 e. The lowest BCUT2D eigenvalue weighted by Gasteiger charge is -2.13. The maximum atomic E-state index is 12.1. The minimum atomic E-state index is -3.48. The Hall–Kier alpha value is -1.11. The molecule has 106 valence electrons. The highest BCUT2D eigenvalue weighted by molar-refractivity contribution is 7.89. The number of hydrogen-bond acceptors (Lipinski definition) is 4. The molecule has 1 fully saturated rings. The normalized spacial score (nSPS) is 22.6. The third-order valence-corrected chi connectivity index (χ3v) is 4.45. The summed E-state index contributed by atoms with van der Waals surface area (Å²) in [5.41, 5.74) is 6.42. The van der Waals surface area contributed by atoms with Gasteiger partial charge in [-0.2, -0.15) is 0 Å². The van der Waals surface area contributed by atoms with Gasteiger partial charge in [-0.25, -0.2) is 13.1 Å². The zero-order chi connectivity index (χ0) is 14.2. The van der Waals surface area contributed by atoms with E-state index in [1.165, 1.54) is 0 Å². The average Bonchev–Trinajstić information content (AvgIpc) is 2.95. The number of rotatable bonds is 5. The fourth-order valence-corrected chi connectivity index (χ4v) is 3.18. The minimum absolute atomic E-state index is 0.0561. The molecule has 1 aromatic carbocycles. The summed E-state index contributed by atoms with van der Waals surface area (Å²) in [6, 6.07) is 4.68. The summed E-state index contributed by atoms with van der Waals surface area (Å²) in [7, 11) is -3.48. The van der Waals surface area contributed by atoms with Crippen molar-refractivity contribution in [2.75, 3.05) is 0 Å². The van der Waals surface area contributed by atoms with Gasteiger partial charge in [-0.05, 0) is 51.0 Å². The molecular weight excluding hydrogens is 264 g/mol. The van der Waals surface area contributed by atoms with Crippen molar-refractivity contribution in [2.24, 2.45) is 5.73 Å². The molecule has 0 radical (unpaired) electrons. The molecule has 1 aliphatic rings. The molecule has 5 nitrogen and oxygen atoms in total. The van der Waals surface area contributed by atoms with E-state index < -0.39 is 10.0 Å². The largest absolute Gasteiger partial charge is 0.491 e. The van der Waals surface area contributed by atoms with E-state index in [2.05, 4.69) is 4.72 Å². The minimum Gasteiger partial charge on any atom is -0.491 e. The van der Waals surface area contributed by atoms with Gasteiger partial charge in [-0.3, -0.25) is 0 Å². The van der Waals surface area contributed by atoms with Crippen LogP contribution in [0.4, 0.5) is 0 Å². The van der Waals surface area contributed by atoms with E-state index in [4.69, 9.17) is 10.5 Å². The fourth-order valence-electron chi connectivity index (χ4n) is 1.79. The van der Waals surface area contributed by atoms with Crippen LogP contribution >= 0.6 is 0 Å². The van der Waals surface area contributed by atoms with Crippen molar-refractivity contribution in [3.63, 3.8) is 0 Å². The van der Waals surface area contributed by atoms with Crippen molar-refractivity contribution in [3.05, 3.63) is 23.8 Å². The van der Waals surface area contributed by atoms with E-state index in [0.717, 1.165) is 5.56 Å². The lowest BCUT2D eigenvalue weighted by Crippen LogP contribution is -2.29. The van der Waals surface area contributed by atoms with Gasteiger partial charge in [0.1, 0.15) is 5.75 Å². The van der Waals surface area contributed by atoms with Crippen LogP contribution in [-0.2, 0) is 10.0 Å². The van der Waals surface area contributed by atoms with Crippen LogP contribution in [-0.4, -0.2) is 26.6 Å². The van der Waals surface area contributed by atoms with Crippen LogP contribution in [0.5, 0.6) is 5.75 Å². The molecule has 2 atom stereocenters. The van der Waals surface area contributed by atoms with E-state index in [-0.39, 0.29) is 23.1 Å².